The molecule has 2 atom stereocenters. The third-order valence-corrected chi connectivity index (χ3v) is 2.02. The number of nitrogen functional groups attached to an aromatic ring is 1. The number of anilines is 1. The van der Waals surface area contributed by atoms with E-state index in [9.17, 15) is 9.59 Å². The van der Waals surface area contributed by atoms with Crippen molar-refractivity contribution in [3.8, 4) is 5.75 Å². The van der Waals surface area contributed by atoms with Crippen molar-refractivity contribution in [3.63, 3.8) is 0 Å². The SMILES string of the molecule is CCOc1ccccc1N.O.O=C(O)C(O)C(O)C(=O)O.[Sb]. The molecule has 0 saturated carbocycles. The van der Waals surface area contributed by atoms with Crippen LogP contribution in [0.3, 0.4) is 0 Å². The number of hydrogen-bond acceptors (Lipinski definition) is 6. The van der Waals surface area contributed by atoms with Crippen molar-refractivity contribution in [2.75, 3.05) is 12.3 Å². The van der Waals surface area contributed by atoms with Gasteiger partial charge >= 0.3 is 11.9 Å². The zero-order chi connectivity index (χ0) is 15.7. The standard InChI is InChI=1S/C8H11NO.C4H6O6.H2O.Sb/c1-2-10-8-6-4-3-5-7(8)9;5-1(3(7)8)2(6)4(9)10;;/h3-6H,2,9H2,1H3;1-2,5-6H,(H,7,8)(H,9,10);1H2;. The minimum absolute atomic E-state index is 0. The Balaban J connectivity index is -0.000000301. The fourth-order valence-corrected chi connectivity index (χ4v) is 1.04. The van der Waals surface area contributed by atoms with Gasteiger partial charge in [-0.1, -0.05) is 12.1 Å². The molecule has 125 valence electrons. The Hall–Kier alpha value is -1.54. The predicted molar refractivity (Wildman–Crippen MR) is 78.7 cm³/mol. The van der Waals surface area contributed by atoms with Gasteiger partial charge in [0.05, 0.1) is 12.3 Å². The van der Waals surface area contributed by atoms with Crippen molar-refractivity contribution in [2.45, 2.75) is 19.1 Å². The topological polar surface area (TPSA) is 182 Å². The van der Waals surface area contributed by atoms with E-state index in [2.05, 4.69) is 0 Å². The molecule has 1 aromatic rings. The van der Waals surface area contributed by atoms with Crippen LogP contribution in [0.25, 0.3) is 0 Å². The van der Waals surface area contributed by atoms with Gasteiger partial charge in [-0.25, -0.2) is 9.59 Å². The van der Waals surface area contributed by atoms with Crippen molar-refractivity contribution < 1.29 is 40.2 Å². The summed E-state index contributed by atoms with van der Waals surface area (Å²) in [4.78, 5) is 19.5. The van der Waals surface area contributed by atoms with Gasteiger partial charge in [-0.15, -0.1) is 0 Å². The summed E-state index contributed by atoms with van der Waals surface area (Å²) in [6.07, 6.45) is -4.53. The van der Waals surface area contributed by atoms with Gasteiger partial charge in [0, 0.05) is 24.4 Å². The largest absolute Gasteiger partial charge is 0.492 e. The Morgan fingerprint density at radius 3 is 1.86 bits per heavy atom. The maximum atomic E-state index is 9.77. The number of hydrogen-bond donors (Lipinski definition) is 5. The van der Waals surface area contributed by atoms with E-state index in [1.54, 1.807) is 0 Å². The van der Waals surface area contributed by atoms with Crippen LogP contribution in [-0.4, -0.2) is 81.1 Å². The summed E-state index contributed by atoms with van der Waals surface area (Å²) in [7, 11) is 0. The molecule has 2 unspecified atom stereocenters. The average molecular weight is 427 g/mol. The predicted octanol–water partition coefficient (Wildman–Crippen LogP) is -1.66. The number of benzene rings is 1. The van der Waals surface area contributed by atoms with E-state index in [1.807, 2.05) is 31.2 Å². The quantitative estimate of drug-likeness (QED) is 0.273. The first-order valence-corrected chi connectivity index (χ1v) is 5.60. The minimum Gasteiger partial charge on any atom is -0.492 e. The first-order chi connectivity index (χ1) is 9.31. The zero-order valence-electron chi connectivity index (χ0n) is 11.7. The number of carbonyl (C=O) groups is 2. The van der Waals surface area contributed by atoms with Gasteiger partial charge in [-0.05, 0) is 19.1 Å². The second-order valence-corrected chi connectivity index (χ2v) is 3.54. The molecule has 8 N–H and O–H groups in total. The van der Waals surface area contributed by atoms with Crippen LogP contribution in [0.1, 0.15) is 6.92 Å². The number of para-hydroxylation sites is 2. The summed E-state index contributed by atoms with van der Waals surface area (Å²) in [5, 5.41) is 32.5. The van der Waals surface area contributed by atoms with E-state index in [4.69, 9.17) is 30.9 Å². The van der Waals surface area contributed by atoms with Gasteiger partial charge in [-0.2, -0.15) is 0 Å². The van der Waals surface area contributed by atoms with E-state index < -0.39 is 24.1 Å². The minimum atomic E-state index is -2.27. The van der Waals surface area contributed by atoms with E-state index in [1.165, 1.54) is 0 Å². The van der Waals surface area contributed by atoms with Gasteiger partial charge in [0.2, 0.25) is 0 Å². The van der Waals surface area contributed by atoms with Crippen LogP contribution in [-0.2, 0) is 9.59 Å². The summed E-state index contributed by atoms with van der Waals surface area (Å²) in [5.74, 6) is -2.77. The third-order valence-electron chi connectivity index (χ3n) is 2.02. The van der Waals surface area contributed by atoms with E-state index in [0.29, 0.717) is 12.3 Å². The van der Waals surface area contributed by atoms with Crippen LogP contribution in [0.5, 0.6) is 5.75 Å². The van der Waals surface area contributed by atoms with Crippen LogP contribution >= 0.6 is 0 Å². The van der Waals surface area contributed by atoms with Gasteiger partial charge in [0.1, 0.15) is 5.75 Å². The van der Waals surface area contributed by atoms with E-state index >= 15 is 0 Å². The van der Waals surface area contributed by atoms with Gasteiger partial charge in [0.25, 0.3) is 0 Å². The number of carboxylic acid groups (broad SMARTS) is 2. The Labute approximate surface area is 144 Å². The fourth-order valence-electron chi connectivity index (χ4n) is 1.04. The molecule has 0 aromatic heterocycles. The Kier molecular flexibility index (Phi) is 15.2. The van der Waals surface area contributed by atoms with Crippen molar-refractivity contribution in [3.05, 3.63) is 24.3 Å². The molecule has 3 radical (unpaired) electrons. The van der Waals surface area contributed by atoms with Gasteiger partial charge in [-0.3, -0.25) is 0 Å². The van der Waals surface area contributed by atoms with Crippen LogP contribution in [0.4, 0.5) is 5.69 Å². The van der Waals surface area contributed by atoms with Crippen molar-refractivity contribution >= 4 is 42.1 Å². The number of rotatable bonds is 5. The third kappa shape index (κ3) is 9.40. The maximum absolute atomic E-state index is 9.77. The summed E-state index contributed by atoms with van der Waals surface area (Å²) < 4.78 is 5.21. The average Bonchev–Trinajstić information content (AvgIpc) is 2.40. The molecule has 0 saturated heterocycles. The molecule has 0 aliphatic heterocycles. The number of aliphatic carboxylic acids is 2. The number of carboxylic acids is 2. The first kappa shape index (κ1) is 25.4. The Morgan fingerprint density at radius 1 is 1.14 bits per heavy atom. The molecular formula is C12H19NO8Sb. The van der Waals surface area contributed by atoms with Gasteiger partial charge in [0.15, 0.2) is 12.2 Å². The number of aliphatic hydroxyl groups excluding tert-OH is 2. The molecule has 0 aliphatic carbocycles. The molecule has 0 amide bonds. The Bertz CT molecular complexity index is 439. The summed E-state index contributed by atoms with van der Waals surface area (Å²) in [6.45, 7) is 2.60. The second kappa shape index (κ2) is 13.1. The zero-order valence-corrected chi connectivity index (χ0v) is 14.3. The molecule has 9 nitrogen and oxygen atoms in total. The van der Waals surface area contributed by atoms with Crippen molar-refractivity contribution in [1.29, 1.82) is 0 Å². The Morgan fingerprint density at radius 2 is 1.55 bits per heavy atom. The van der Waals surface area contributed by atoms with Crippen molar-refractivity contribution in [2.24, 2.45) is 0 Å². The van der Waals surface area contributed by atoms with Gasteiger partial charge < -0.3 is 36.4 Å². The van der Waals surface area contributed by atoms with Crippen LogP contribution in [0.15, 0.2) is 24.3 Å². The molecule has 0 bridgehead atoms. The fraction of sp³-hybridized carbons (Fsp3) is 0.333. The van der Waals surface area contributed by atoms with E-state index in [0.717, 1.165) is 5.75 Å². The molecule has 0 spiro atoms. The van der Waals surface area contributed by atoms with Crippen LogP contribution in [0, 0.1) is 0 Å². The van der Waals surface area contributed by atoms with Crippen LogP contribution in [0.2, 0.25) is 0 Å². The molecule has 0 heterocycles. The van der Waals surface area contributed by atoms with Crippen LogP contribution < -0.4 is 10.5 Å². The number of nitrogens with two attached hydrogens (primary N) is 1. The smallest absolute Gasteiger partial charge is 0.335 e. The summed E-state index contributed by atoms with van der Waals surface area (Å²) in [5.41, 5.74) is 6.28. The number of ether oxygens (including phenoxy) is 1. The summed E-state index contributed by atoms with van der Waals surface area (Å²) in [6, 6.07) is 7.48. The molecule has 1 rings (SSSR count). The molecular weight excluding hydrogens is 408 g/mol. The molecule has 0 aliphatic rings. The molecule has 0 fully saturated rings. The van der Waals surface area contributed by atoms with Crippen molar-refractivity contribution in [1.82, 2.24) is 0 Å². The molecule has 1 aromatic carbocycles. The van der Waals surface area contributed by atoms with E-state index in [-0.39, 0.29) is 29.9 Å². The molecule has 22 heavy (non-hydrogen) atoms. The second-order valence-electron chi connectivity index (χ2n) is 3.54. The monoisotopic (exact) mass is 426 g/mol. The number of aliphatic hydroxyl groups is 2. The molecule has 10 heteroatoms. The summed E-state index contributed by atoms with van der Waals surface area (Å²) >= 11 is 0. The maximum Gasteiger partial charge on any atom is 0.335 e. The normalized spacial score (nSPS) is 11.4. The first-order valence-electron chi connectivity index (χ1n) is 5.60.